The Morgan fingerprint density at radius 3 is 2.83 bits per heavy atom. The van der Waals surface area contributed by atoms with Gasteiger partial charge in [0.25, 0.3) is 5.69 Å². The molecule has 0 unspecified atom stereocenters. The lowest BCUT2D eigenvalue weighted by Gasteiger charge is -2.33. The standard InChI is InChI=1S/C20H23N5O3S/c1-11-5-6-12(25(27)28)9-14(11)21-15(26)10-29-18-22-17-16(23-24-18)13-7-8-20(17,4)19(13,2)3/h5-6,9,13H,7-8,10H2,1-4H3,(H,21,26)/t13-,20-/m0/s1. The number of nitro benzene ring substituents is 1. The lowest BCUT2D eigenvalue weighted by atomic mass is 9.70. The van der Waals surface area contributed by atoms with Gasteiger partial charge in [-0.15, -0.1) is 5.10 Å². The highest BCUT2D eigenvalue weighted by Crippen LogP contribution is 2.66. The average Bonchev–Trinajstić information content (AvgIpc) is 3.00. The minimum atomic E-state index is -0.482. The molecule has 1 aromatic carbocycles. The molecule has 4 rings (SSSR count). The minimum Gasteiger partial charge on any atom is -0.325 e. The summed E-state index contributed by atoms with van der Waals surface area (Å²) >= 11 is 1.23. The zero-order chi connectivity index (χ0) is 21.0. The predicted molar refractivity (Wildman–Crippen MR) is 110 cm³/mol. The highest BCUT2D eigenvalue weighted by Gasteiger charge is 2.61. The van der Waals surface area contributed by atoms with Gasteiger partial charge in [0.2, 0.25) is 11.1 Å². The number of nitrogens with zero attached hydrogens (tertiary/aromatic N) is 4. The minimum absolute atomic E-state index is 0.0133. The first-order chi connectivity index (χ1) is 13.6. The number of carbonyl (C=O) groups excluding carboxylic acids is 1. The summed E-state index contributed by atoms with van der Waals surface area (Å²) < 4.78 is 0. The van der Waals surface area contributed by atoms with Crippen LogP contribution >= 0.6 is 11.8 Å². The van der Waals surface area contributed by atoms with Crippen molar-refractivity contribution in [3.63, 3.8) is 0 Å². The molecule has 2 aliphatic carbocycles. The molecule has 1 aromatic heterocycles. The molecule has 0 saturated heterocycles. The molecule has 152 valence electrons. The summed E-state index contributed by atoms with van der Waals surface area (Å²) in [4.78, 5) is 27.6. The van der Waals surface area contributed by atoms with E-state index in [-0.39, 0.29) is 28.2 Å². The van der Waals surface area contributed by atoms with E-state index in [4.69, 9.17) is 4.98 Å². The van der Waals surface area contributed by atoms with Crippen LogP contribution < -0.4 is 5.32 Å². The summed E-state index contributed by atoms with van der Waals surface area (Å²) in [5.41, 5.74) is 3.25. The summed E-state index contributed by atoms with van der Waals surface area (Å²) in [5.74, 6) is 0.226. The number of fused-ring (bicyclic) bond motifs is 5. The molecule has 8 nitrogen and oxygen atoms in total. The van der Waals surface area contributed by atoms with Gasteiger partial charge in [0.05, 0.1) is 27.8 Å². The summed E-state index contributed by atoms with van der Waals surface area (Å²) in [6.45, 7) is 8.59. The number of non-ortho nitro benzene ring substituents is 1. The second-order valence-electron chi connectivity index (χ2n) is 8.57. The lowest BCUT2D eigenvalue weighted by Crippen LogP contribution is -2.32. The molecular weight excluding hydrogens is 390 g/mol. The fraction of sp³-hybridized carbons (Fsp3) is 0.500. The van der Waals surface area contributed by atoms with Crippen LogP contribution in [-0.4, -0.2) is 31.8 Å². The van der Waals surface area contributed by atoms with Crippen molar-refractivity contribution in [2.45, 2.75) is 57.0 Å². The first-order valence-corrected chi connectivity index (χ1v) is 10.5. The number of carbonyl (C=O) groups is 1. The number of thioether (sulfide) groups is 1. The van der Waals surface area contributed by atoms with Crippen molar-refractivity contribution >= 4 is 29.0 Å². The third-order valence-electron chi connectivity index (χ3n) is 6.81. The molecule has 2 atom stereocenters. The number of aromatic nitrogens is 3. The fourth-order valence-electron chi connectivity index (χ4n) is 4.60. The van der Waals surface area contributed by atoms with E-state index >= 15 is 0 Å². The molecule has 1 fully saturated rings. The van der Waals surface area contributed by atoms with Gasteiger partial charge in [0.15, 0.2) is 0 Å². The quantitative estimate of drug-likeness (QED) is 0.448. The Balaban J connectivity index is 1.46. The number of nitro groups is 1. The summed E-state index contributed by atoms with van der Waals surface area (Å²) in [7, 11) is 0. The van der Waals surface area contributed by atoms with E-state index in [2.05, 4.69) is 36.3 Å². The van der Waals surface area contributed by atoms with Gasteiger partial charge < -0.3 is 5.32 Å². The molecule has 1 N–H and O–H groups in total. The molecule has 2 aliphatic rings. The lowest BCUT2D eigenvalue weighted by molar-refractivity contribution is -0.384. The maximum atomic E-state index is 12.4. The third kappa shape index (κ3) is 3.08. The van der Waals surface area contributed by atoms with Crippen molar-refractivity contribution < 1.29 is 9.72 Å². The molecular formula is C20H23N5O3S. The van der Waals surface area contributed by atoms with Crippen LogP contribution in [0.2, 0.25) is 0 Å². The number of benzene rings is 1. The Morgan fingerprint density at radius 2 is 2.10 bits per heavy atom. The van der Waals surface area contributed by atoms with E-state index in [0.717, 1.165) is 29.8 Å². The summed E-state index contributed by atoms with van der Waals surface area (Å²) in [6, 6.07) is 4.40. The Morgan fingerprint density at radius 1 is 1.34 bits per heavy atom. The topological polar surface area (TPSA) is 111 Å². The van der Waals surface area contributed by atoms with Crippen molar-refractivity contribution in [1.29, 1.82) is 0 Å². The van der Waals surface area contributed by atoms with Crippen molar-refractivity contribution in [1.82, 2.24) is 15.2 Å². The molecule has 0 radical (unpaired) electrons. The molecule has 0 aliphatic heterocycles. The molecule has 1 amide bonds. The van der Waals surface area contributed by atoms with Gasteiger partial charge in [-0.1, -0.05) is 38.6 Å². The van der Waals surface area contributed by atoms with Crippen LogP contribution in [0.4, 0.5) is 11.4 Å². The van der Waals surface area contributed by atoms with Crippen molar-refractivity contribution in [3.8, 4) is 0 Å². The molecule has 0 spiro atoms. The van der Waals surface area contributed by atoms with Crippen LogP contribution in [0.15, 0.2) is 23.4 Å². The third-order valence-corrected chi connectivity index (χ3v) is 7.65. The van der Waals surface area contributed by atoms with Crippen molar-refractivity contribution in [3.05, 3.63) is 45.3 Å². The second-order valence-corrected chi connectivity index (χ2v) is 9.51. The summed E-state index contributed by atoms with van der Waals surface area (Å²) in [5, 5.41) is 22.8. The SMILES string of the molecule is Cc1ccc([N+](=O)[O-])cc1NC(=O)CSc1nnc2c(n1)[C@]1(C)CC[C@@H]2C1(C)C. The van der Waals surface area contributed by atoms with Gasteiger partial charge in [-0.2, -0.15) is 5.10 Å². The number of aryl methyl sites for hydroxylation is 1. The number of rotatable bonds is 5. The van der Waals surface area contributed by atoms with E-state index in [9.17, 15) is 14.9 Å². The molecule has 29 heavy (non-hydrogen) atoms. The van der Waals surface area contributed by atoms with Crippen LogP contribution in [0.1, 0.15) is 56.5 Å². The van der Waals surface area contributed by atoms with E-state index in [1.54, 1.807) is 13.0 Å². The number of anilines is 1. The number of amides is 1. The zero-order valence-electron chi connectivity index (χ0n) is 16.9. The largest absolute Gasteiger partial charge is 0.325 e. The molecule has 2 aromatic rings. The smallest absolute Gasteiger partial charge is 0.271 e. The maximum absolute atomic E-state index is 12.4. The normalized spacial score (nSPS) is 23.7. The van der Waals surface area contributed by atoms with Crippen molar-refractivity contribution in [2.75, 3.05) is 11.1 Å². The van der Waals surface area contributed by atoms with Gasteiger partial charge in [-0.25, -0.2) is 4.98 Å². The van der Waals surface area contributed by atoms with Crippen LogP contribution in [-0.2, 0) is 10.2 Å². The van der Waals surface area contributed by atoms with Crippen LogP contribution in [0.3, 0.4) is 0 Å². The van der Waals surface area contributed by atoms with Crippen LogP contribution in [0, 0.1) is 22.5 Å². The number of hydrogen-bond donors (Lipinski definition) is 1. The van der Waals surface area contributed by atoms with Crippen LogP contribution in [0.25, 0.3) is 0 Å². The van der Waals surface area contributed by atoms with E-state index < -0.39 is 4.92 Å². The highest BCUT2D eigenvalue weighted by molar-refractivity contribution is 7.99. The number of nitrogens with one attached hydrogen (secondary N) is 1. The van der Waals surface area contributed by atoms with E-state index in [0.29, 0.717) is 16.8 Å². The Kier molecular flexibility index (Phi) is 4.60. The number of hydrogen-bond acceptors (Lipinski definition) is 7. The van der Waals surface area contributed by atoms with Crippen LogP contribution in [0.5, 0.6) is 0 Å². The molecule has 9 heteroatoms. The van der Waals surface area contributed by atoms with Gasteiger partial charge in [0, 0.05) is 23.5 Å². The Hall–Kier alpha value is -2.55. The summed E-state index contributed by atoms with van der Waals surface area (Å²) in [6.07, 6.45) is 2.21. The fourth-order valence-corrected chi connectivity index (χ4v) is 5.19. The molecule has 1 saturated carbocycles. The molecule has 2 bridgehead atoms. The zero-order valence-corrected chi connectivity index (χ0v) is 17.7. The first-order valence-electron chi connectivity index (χ1n) is 9.56. The van der Waals surface area contributed by atoms with Crippen molar-refractivity contribution in [2.24, 2.45) is 5.41 Å². The predicted octanol–water partition coefficient (Wildman–Crippen LogP) is 3.99. The van der Waals surface area contributed by atoms with E-state index in [1.807, 2.05) is 0 Å². The maximum Gasteiger partial charge on any atom is 0.271 e. The molecule has 1 heterocycles. The Labute approximate surface area is 173 Å². The van der Waals surface area contributed by atoms with Gasteiger partial charge in [-0.05, 0) is 30.7 Å². The average molecular weight is 414 g/mol. The Bertz CT molecular complexity index is 1030. The first kappa shape index (κ1) is 19.8. The van der Waals surface area contributed by atoms with Gasteiger partial charge in [0.1, 0.15) is 0 Å². The van der Waals surface area contributed by atoms with E-state index in [1.165, 1.54) is 23.9 Å². The van der Waals surface area contributed by atoms with Gasteiger partial charge >= 0.3 is 0 Å². The second kappa shape index (κ2) is 6.76. The monoisotopic (exact) mass is 413 g/mol. The van der Waals surface area contributed by atoms with Gasteiger partial charge in [-0.3, -0.25) is 14.9 Å². The highest BCUT2D eigenvalue weighted by atomic mass is 32.2.